The summed E-state index contributed by atoms with van der Waals surface area (Å²) in [5, 5.41) is 19.8. The molecule has 2 rings (SSSR count). The largest absolute Gasteiger partial charge is 0.349 e. The molecule has 0 aliphatic carbocycles. The van der Waals surface area contributed by atoms with Crippen molar-refractivity contribution < 1.29 is 4.92 Å². The second-order valence-electron chi connectivity index (χ2n) is 4.28. The van der Waals surface area contributed by atoms with Crippen molar-refractivity contribution in [2.24, 2.45) is 5.73 Å². The maximum Gasteiger partial charge on any atom is 0.312 e. The molecule has 0 spiro atoms. The number of nitrogens with two attached hydrogens (primary N) is 1. The molecule has 0 aromatic carbocycles. The highest BCUT2D eigenvalue weighted by atomic mass is 16.6. The quantitative estimate of drug-likeness (QED) is 0.611. The molecule has 0 unspecified atom stereocenters. The van der Waals surface area contributed by atoms with E-state index in [2.05, 4.69) is 4.98 Å². The van der Waals surface area contributed by atoms with E-state index in [1.54, 1.807) is 0 Å². The van der Waals surface area contributed by atoms with Gasteiger partial charge in [-0.1, -0.05) is 0 Å². The lowest BCUT2D eigenvalue weighted by Crippen LogP contribution is -2.43. The molecule has 0 radical (unpaired) electrons. The third-order valence-electron chi connectivity index (χ3n) is 2.93. The first-order valence-corrected chi connectivity index (χ1v) is 5.67. The van der Waals surface area contributed by atoms with Crippen LogP contribution in [0.3, 0.4) is 0 Å². The van der Waals surface area contributed by atoms with Crippen molar-refractivity contribution in [3.05, 3.63) is 27.9 Å². The van der Waals surface area contributed by atoms with Crippen LogP contribution in [-0.2, 0) is 0 Å². The van der Waals surface area contributed by atoms with Gasteiger partial charge in [0.15, 0.2) is 0 Å². The van der Waals surface area contributed by atoms with Gasteiger partial charge in [-0.3, -0.25) is 10.1 Å². The van der Waals surface area contributed by atoms with Crippen molar-refractivity contribution in [3.63, 3.8) is 0 Å². The van der Waals surface area contributed by atoms with E-state index in [-0.39, 0.29) is 17.3 Å². The summed E-state index contributed by atoms with van der Waals surface area (Å²) in [5.41, 5.74) is 5.90. The number of pyridine rings is 1. The van der Waals surface area contributed by atoms with E-state index in [0.717, 1.165) is 12.8 Å². The molecule has 1 atom stereocenters. The van der Waals surface area contributed by atoms with Gasteiger partial charge in [-0.05, 0) is 12.8 Å². The molecule has 0 amide bonds. The molecule has 94 valence electrons. The molecular weight excluding hydrogens is 234 g/mol. The average molecular weight is 247 g/mol. The molecule has 1 aliphatic rings. The normalized spacial score (nSPS) is 19.3. The van der Waals surface area contributed by atoms with E-state index in [9.17, 15) is 10.1 Å². The summed E-state index contributed by atoms with van der Waals surface area (Å²) in [6, 6.07) is 3.11. The molecule has 1 aliphatic heterocycles. The second kappa shape index (κ2) is 4.98. The number of hydrogen-bond acceptors (Lipinski definition) is 6. The Labute approximate surface area is 104 Å². The van der Waals surface area contributed by atoms with E-state index in [0.29, 0.717) is 18.9 Å². The zero-order valence-corrected chi connectivity index (χ0v) is 9.74. The predicted molar refractivity (Wildman–Crippen MR) is 65.0 cm³/mol. The molecule has 1 saturated heterocycles. The first kappa shape index (κ1) is 12.3. The highest BCUT2D eigenvalue weighted by molar-refractivity contribution is 5.60. The Morgan fingerprint density at radius 3 is 3.06 bits per heavy atom. The fourth-order valence-electron chi connectivity index (χ4n) is 2.09. The molecule has 1 aromatic heterocycles. The summed E-state index contributed by atoms with van der Waals surface area (Å²) < 4.78 is 0. The summed E-state index contributed by atoms with van der Waals surface area (Å²) in [5.74, 6) is 0.300. The summed E-state index contributed by atoms with van der Waals surface area (Å²) in [6.45, 7) is 1.26. The van der Waals surface area contributed by atoms with Crippen LogP contribution < -0.4 is 10.6 Å². The van der Waals surface area contributed by atoms with E-state index in [4.69, 9.17) is 11.0 Å². The number of nitrogens with zero attached hydrogens (tertiary/aromatic N) is 4. The van der Waals surface area contributed by atoms with Crippen LogP contribution in [0.2, 0.25) is 0 Å². The fraction of sp³-hybridized carbons (Fsp3) is 0.455. The number of piperidine rings is 1. The SMILES string of the molecule is N#Cc1cnc(N2CCC[C@@H](N)C2)c([N+](=O)[O-])c1. The lowest BCUT2D eigenvalue weighted by molar-refractivity contribution is -0.384. The Bertz CT molecular complexity index is 511. The fourth-order valence-corrected chi connectivity index (χ4v) is 2.09. The van der Waals surface area contributed by atoms with Crippen LogP contribution >= 0.6 is 0 Å². The topological polar surface area (TPSA) is 109 Å². The number of anilines is 1. The first-order chi connectivity index (χ1) is 8.61. The van der Waals surface area contributed by atoms with E-state index >= 15 is 0 Å². The third-order valence-corrected chi connectivity index (χ3v) is 2.93. The van der Waals surface area contributed by atoms with Gasteiger partial charge >= 0.3 is 5.69 Å². The van der Waals surface area contributed by atoms with Crippen molar-refractivity contribution in [1.82, 2.24) is 4.98 Å². The van der Waals surface area contributed by atoms with E-state index < -0.39 is 4.92 Å². The van der Waals surface area contributed by atoms with Crippen LogP contribution in [0.25, 0.3) is 0 Å². The molecule has 1 aromatic rings. The van der Waals surface area contributed by atoms with Crippen LogP contribution in [0.4, 0.5) is 11.5 Å². The lowest BCUT2D eigenvalue weighted by Gasteiger charge is -2.31. The van der Waals surface area contributed by atoms with Crippen molar-refractivity contribution in [3.8, 4) is 6.07 Å². The predicted octanol–water partition coefficient (Wildman–Crippen LogP) is 0.789. The molecule has 18 heavy (non-hydrogen) atoms. The monoisotopic (exact) mass is 247 g/mol. The lowest BCUT2D eigenvalue weighted by atomic mass is 10.1. The van der Waals surface area contributed by atoms with Gasteiger partial charge in [0.2, 0.25) is 5.82 Å². The summed E-state index contributed by atoms with van der Waals surface area (Å²) >= 11 is 0. The minimum absolute atomic E-state index is 0.01000. The van der Waals surface area contributed by atoms with Gasteiger partial charge in [-0.25, -0.2) is 4.98 Å². The van der Waals surface area contributed by atoms with Gasteiger partial charge in [-0.15, -0.1) is 0 Å². The maximum atomic E-state index is 11.0. The molecule has 0 saturated carbocycles. The van der Waals surface area contributed by atoms with Crippen LogP contribution in [0.15, 0.2) is 12.3 Å². The van der Waals surface area contributed by atoms with Crippen molar-refractivity contribution in [1.29, 1.82) is 5.26 Å². The number of hydrogen-bond donors (Lipinski definition) is 1. The molecule has 0 bridgehead atoms. The molecule has 2 heterocycles. The van der Waals surface area contributed by atoms with Crippen LogP contribution in [0.1, 0.15) is 18.4 Å². The molecule has 7 heteroatoms. The van der Waals surface area contributed by atoms with Crippen LogP contribution in [0.5, 0.6) is 0 Å². The van der Waals surface area contributed by atoms with Crippen LogP contribution in [0, 0.1) is 21.4 Å². The Balaban J connectivity index is 2.37. The van der Waals surface area contributed by atoms with E-state index in [1.165, 1.54) is 12.3 Å². The Kier molecular flexibility index (Phi) is 3.39. The molecule has 2 N–H and O–H groups in total. The molecular formula is C11H13N5O2. The Hall–Kier alpha value is -2.20. The van der Waals surface area contributed by atoms with Crippen LogP contribution in [-0.4, -0.2) is 29.0 Å². The summed E-state index contributed by atoms with van der Waals surface area (Å²) in [6.07, 6.45) is 3.16. The first-order valence-electron chi connectivity index (χ1n) is 5.67. The van der Waals surface area contributed by atoms with Gasteiger partial charge in [0, 0.05) is 31.4 Å². The highest BCUT2D eigenvalue weighted by Crippen LogP contribution is 2.28. The standard InChI is InChI=1S/C11H13N5O2/c12-5-8-4-10(16(17)18)11(14-6-8)15-3-1-2-9(13)7-15/h4,6,9H,1-3,7,13H2/t9-/m1/s1. The average Bonchev–Trinajstić information content (AvgIpc) is 2.38. The number of nitriles is 1. The van der Waals surface area contributed by atoms with E-state index in [1.807, 2.05) is 11.0 Å². The Morgan fingerprint density at radius 2 is 2.44 bits per heavy atom. The zero-order chi connectivity index (χ0) is 13.1. The highest BCUT2D eigenvalue weighted by Gasteiger charge is 2.25. The second-order valence-corrected chi connectivity index (χ2v) is 4.28. The van der Waals surface area contributed by atoms with Gasteiger partial charge < -0.3 is 10.6 Å². The van der Waals surface area contributed by atoms with Gasteiger partial charge in [0.25, 0.3) is 0 Å². The van der Waals surface area contributed by atoms with Crippen molar-refractivity contribution in [2.45, 2.75) is 18.9 Å². The zero-order valence-electron chi connectivity index (χ0n) is 9.74. The van der Waals surface area contributed by atoms with Gasteiger partial charge in [0.05, 0.1) is 10.5 Å². The van der Waals surface area contributed by atoms with Crippen molar-refractivity contribution in [2.75, 3.05) is 18.0 Å². The molecule has 7 nitrogen and oxygen atoms in total. The summed E-state index contributed by atoms with van der Waals surface area (Å²) in [7, 11) is 0. The van der Waals surface area contributed by atoms with Crippen molar-refractivity contribution >= 4 is 11.5 Å². The summed E-state index contributed by atoms with van der Waals surface area (Å²) in [4.78, 5) is 16.3. The number of nitro groups is 1. The third kappa shape index (κ3) is 2.38. The number of rotatable bonds is 2. The van der Waals surface area contributed by atoms with Gasteiger partial charge in [0.1, 0.15) is 6.07 Å². The van der Waals surface area contributed by atoms with Gasteiger partial charge in [-0.2, -0.15) is 5.26 Å². The smallest absolute Gasteiger partial charge is 0.312 e. The maximum absolute atomic E-state index is 11.0. The minimum atomic E-state index is -0.511. The Morgan fingerprint density at radius 1 is 1.67 bits per heavy atom. The number of aromatic nitrogens is 1. The minimum Gasteiger partial charge on any atom is -0.349 e. The molecule has 1 fully saturated rings.